The highest BCUT2D eigenvalue weighted by atomic mass is 16.3. The number of aromatic nitrogens is 4. The second kappa shape index (κ2) is 14.0. The molecule has 63 heavy (non-hydrogen) atoms. The van der Waals surface area contributed by atoms with E-state index in [1.165, 1.54) is 21.8 Å². The molecule has 13 rings (SSSR count). The SMILES string of the molecule is c1ccc(-c2cc(-c3cccc(-n4c5ccccc5c5c(-c6ccc(-n7c8ccccc8c8ccccc87)cc6)cc6c7ccccc7oc6c54)c3)nc(-c3ccccc3)n2)cc1. The van der Waals surface area contributed by atoms with Crippen LogP contribution in [0.2, 0.25) is 0 Å². The van der Waals surface area contributed by atoms with Gasteiger partial charge in [0, 0.05) is 60.4 Å². The molecule has 0 N–H and O–H groups in total. The lowest BCUT2D eigenvalue weighted by Crippen LogP contribution is -1.98. The molecule has 9 aromatic carbocycles. The minimum Gasteiger partial charge on any atom is -0.454 e. The number of fused-ring (bicyclic) bond motifs is 10. The normalized spacial score (nSPS) is 11.8. The quantitative estimate of drug-likeness (QED) is 0.168. The van der Waals surface area contributed by atoms with Crippen LogP contribution >= 0.6 is 0 Å². The Hall–Kier alpha value is -8.54. The maximum atomic E-state index is 6.90. The Morgan fingerprint density at radius 2 is 0.905 bits per heavy atom. The van der Waals surface area contributed by atoms with E-state index < -0.39 is 0 Å². The summed E-state index contributed by atoms with van der Waals surface area (Å²) in [5.41, 5.74) is 15.4. The van der Waals surface area contributed by atoms with Crippen LogP contribution in [-0.2, 0) is 0 Å². The fourth-order valence-corrected chi connectivity index (χ4v) is 9.69. The predicted molar refractivity (Wildman–Crippen MR) is 260 cm³/mol. The largest absolute Gasteiger partial charge is 0.454 e. The first-order valence-electron chi connectivity index (χ1n) is 21.3. The molecule has 294 valence electrons. The molecule has 0 spiro atoms. The van der Waals surface area contributed by atoms with Gasteiger partial charge < -0.3 is 13.6 Å². The summed E-state index contributed by atoms with van der Waals surface area (Å²) < 4.78 is 11.7. The second-order valence-corrected chi connectivity index (χ2v) is 16.1. The molecule has 0 radical (unpaired) electrons. The number of rotatable bonds is 6. The first-order valence-corrected chi connectivity index (χ1v) is 21.3. The topological polar surface area (TPSA) is 48.8 Å². The van der Waals surface area contributed by atoms with Crippen LogP contribution in [0.4, 0.5) is 0 Å². The Morgan fingerprint density at radius 1 is 0.349 bits per heavy atom. The third-order valence-corrected chi connectivity index (χ3v) is 12.5. The molecule has 13 aromatic rings. The van der Waals surface area contributed by atoms with Crippen LogP contribution in [0.3, 0.4) is 0 Å². The van der Waals surface area contributed by atoms with Crippen molar-refractivity contribution in [3.8, 4) is 56.4 Å². The number of nitrogens with zero attached hydrogens (tertiary/aromatic N) is 4. The van der Waals surface area contributed by atoms with E-state index in [0.29, 0.717) is 5.82 Å². The van der Waals surface area contributed by atoms with E-state index in [1.54, 1.807) is 0 Å². The number of para-hydroxylation sites is 4. The standard InChI is InChI=1S/C58H36N4O/c1-3-16-38(17-4-1)49-36-50(60-58(59-49)39-18-5-2-6-19-39)40-20-15-21-42(34-40)62-53-28-13-9-25-46(53)55-47(35-48-45-24-10-14-29-54(45)63-57(48)56(55)62)37-30-32-41(33-31-37)61-51-26-11-7-22-43(51)44-23-8-12-27-52(44)61/h1-36H. The summed E-state index contributed by atoms with van der Waals surface area (Å²) in [5, 5.41) is 6.97. The van der Waals surface area contributed by atoms with Crippen LogP contribution < -0.4 is 0 Å². The summed E-state index contributed by atoms with van der Waals surface area (Å²) in [6, 6.07) is 77.2. The van der Waals surface area contributed by atoms with Gasteiger partial charge in [-0.1, -0.05) is 158 Å². The molecule has 5 nitrogen and oxygen atoms in total. The summed E-state index contributed by atoms with van der Waals surface area (Å²) in [6.45, 7) is 0. The highest BCUT2D eigenvalue weighted by molar-refractivity contribution is 6.26. The molecule has 5 heteroatoms. The Kier molecular flexibility index (Phi) is 7.84. The van der Waals surface area contributed by atoms with Crippen LogP contribution in [0, 0.1) is 0 Å². The van der Waals surface area contributed by atoms with Gasteiger partial charge >= 0.3 is 0 Å². The lowest BCUT2D eigenvalue weighted by atomic mass is 9.96. The molecule has 0 aliphatic heterocycles. The van der Waals surface area contributed by atoms with E-state index in [4.69, 9.17) is 14.4 Å². The molecular weight excluding hydrogens is 769 g/mol. The fourth-order valence-electron chi connectivity index (χ4n) is 9.69. The van der Waals surface area contributed by atoms with Crippen LogP contribution in [0.1, 0.15) is 0 Å². The molecule has 0 amide bonds. The van der Waals surface area contributed by atoms with Gasteiger partial charge in [-0.2, -0.15) is 0 Å². The molecule has 4 aromatic heterocycles. The van der Waals surface area contributed by atoms with Crippen molar-refractivity contribution >= 4 is 65.6 Å². The molecule has 0 aliphatic rings. The zero-order valence-electron chi connectivity index (χ0n) is 34.0. The number of hydrogen-bond acceptors (Lipinski definition) is 3. The maximum Gasteiger partial charge on any atom is 0.160 e. The third-order valence-electron chi connectivity index (χ3n) is 12.5. The van der Waals surface area contributed by atoms with Gasteiger partial charge in [-0.05, 0) is 71.8 Å². The summed E-state index contributed by atoms with van der Waals surface area (Å²) in [4.78, 5) is 10.3. The van der Waals surface area contributed by atoms with E-state index in [9.17, 15) is 0 Å². The van der Waals surface area contributed by atoms with Crippen molar-refractivity contribution in [2.45, 2.75) is 0 Å². The smallest absolute Gasteiger partial charge is 0.160 e. The lowest BCUT2D eigenvalue weighted by Gasteiger charge is -2.13. The van der Waals surface area contributed by atoms with Gasteiger partial charge in [-0.3, -0.25) is 0 Å². The zero-order chi connectivity index (χ0) is 41.4. The van der Waals surface area contributed by atoms with E-state index >= 15 is 0 Å². The highest BCUT2D eigenvalue weighted by Gasteiger charge is 2.24. The molecule has 0 fully saturated rings. The van der Waals surface area contributed by atoms with E-state index in [1.807, 2.05) is 30.3 Å². The Morgan fingerprint density at radius 3 is 1.60 bits per heavy atom. The molecule has 0 unspecified atom stereocenters. The molecule has 0 aliphatic carbocycles. The van der Waals surface area contributed by atoms with E-state index in [2.05, 4.69) is 197 Å². The monoisotopic (exact) mass is 804 g/mol. The van der Waals surface area contributed by atoms with Gasteiger partial charge in [0.25, 0.3) is 0 Å². The number of benzene rings is 9. The van der Waals surface area contributed by atoms with E-state index in [-0.39, 0.29) is 0 Å². The third kappa shape index (κ3) is 5.57. The van der Waals surface area contributed by atoms with Gasteiger partial charge in [-0.25, -0.2) is 9.97 Å². The van der Waals surface area contributed by atoms with Crippen LogP contribution in [0.15, 0.2) is 223 Å². The molecule has 0 saturated heterocycles. The van der Waals surface area contributed by atoms with Crippen molar-refractivity contribution in [3.05, 3.63) is 218 Å². The predicted octanol–water partition coefficient (Wildman–Crippen LogP) is 15.2. The minimum atomic E-state index is 0.687. The first kappa shape index (κ1) is 35.2. The molecule has 0 bridgehead atoms. The van der Waals surface area contributed by atoms with Crippen molar-refractivity contribution in [1.29, 1.82) is 0 Å². The molecular formula is C58H36N4O. The highest BCUT2D eigenvalue weighted by Crippen LogP contribution is 2.46. The van der Waals surface area contributed by atoms with Gasteiger partial charge in [-0.15, -0.1) is 0 Å². The van der Waals surface area contributed by atoms with Crippen molar-refractivity contribution in [1.82, 2.24) is 19.1 Å². The van der Waals surface area contributed by atoms with Crippen LogP contribution in [-0.4, -0.2) is 19.1 Å². The van der Waals surface area contributed by atoms with Crippen LogP contribution in [0.5, 0.6) is 0 Å². The van der Waals surface area contributed by atoms with Crippen molar-refractivity contribution in [2.24, 2.45) is 0 Å². The van der Waals surface area contributed by atoms with Crippen molar-refractivity contribution in [2.75, 3.05) is 0 Å². The van der Waals surface area contributed by atoms with Gasteiger partial charge in [0.2, 0.25) is 0 Å². The number of hydrogen-bond donors (Lipinski definition) is 0. The summed E-state index contributed by atoms with van der Waals surface area (Å²) in [5.74, 6) is 0.687. The van der Waals surface area contributed by atoms with Crippen molar-refractivity contribution < 1.29 is 4.42 Å². The van der Waals surface area contributed by atoms with E-state index in [0.717, 1.165) is 94.3 Å². The van der Waals surface area contributed by atoms with Gasteiger partial charge in [0.1, 0.15) is 5.58 Å². The average molecular weight is 805 g/mol. The van der Waals surface area contributed by atoms with Gasteiger partial charge in [0.15, 0.2) is 11.4 Å². The zero-order valence-corrected chi connectivity index (χ0v) is 34.0. The lowest BCUT2D eigenvalue weighted by molar-refractivity contribution is 0.671. The summed E-state index contributed by atoms with van der Waals surface area (Å²) in [7, 11) is 0. The second-order valence-electron chi connectivity index (χ2n) is 16.1. The molecule has 4 heterocycles. The van der Waals surface area contributed by atoms with Crippen molar-refractivity contribution in [3.63, 3.8) is 0 Å². The average Bonchev–Trinajstić information content (AvgIpc) is 4.02. The molecule has 0 atom stereocenters. The Balaban J connectivity index is 1.04. The first-order chi connectivity index (χ1) is 31.2. The van der Waals surface area contributed by atoms with Gasteiger partial charge in [0.05, 0.1) is 33.5 Å². The Bertz CT molecular complexity index is 3790. The Labute approximate surface area is 362 Å². The fraction of sp³-hybridized carbons (Fsp3) is 0. The number of furan rings is 1. The minimum absolute atomic E-state index is 0.687. The summed E-state index contributed by atoms with van der Waals surface area (Å²) in [6.07, 6.45) is 0. The van der Waals surface area contributed by atoms with Crippen LogP contribution in [0.25, 0.3) is 122 Å². The molecule has 0 saturated carbocycles. The summed E-state index contributed by atoms with van der Waals surface area (Å²) >= 11 is 0. The maximum absolute atomic E-state index is 6.90.